The molecule has 0 saturated carbocycles. The van der Waals surface area contributed by atoms with Crippen LogP contribution in [0.25, 0.3) is 22.2 Å². The number of fused-ring (bicyclic) bond motifs is 1. The van der Waals surface area contributed by atoms with Crippen molar-refractivity contribution >= 4 is 29.6 Å². The van der Waals surface area contributed by atoms with E-state index in [1.165, 1.54) is 4.57 Å². The lowest BCUT2D eigenvalue weighted by Crippen LogP contribution is -2.30. The van der Waals surface area contributed by atoms with Crippen molar-refractivity contribution in [1.29, 1.82) is 0 Å². The van der Waals surface area contributed by atoms with Gasteiger partial charge in [0.05, 0.1) is 11.2 Å². The molecular formula is C19H20BNO4. The van der Waals surface area contributed by atoms with Crippen LogP contribution in [0.1, 0.15) is 20.8 Å². The Hall–Kier alpha value is -2.57. The zero-order valence-electron chi connectivity index (χ0n) is 14.4. The molecule has 0 radical (unpaired) electrons. The van der Waals surface area contributed by atoms with Crippen molar-refractivity contribution in [3.63, 3.8) is 0 Å². The Balaban J connectivity index is 2.20. The Morgan fingerprint density at radius 1 is 1.04 bits per heavy atom. The summed E-state index contributed by atoms with van der Waals surface area (Å²) in [5, 5.41) is 19.7. The predicted octanol–water partition coefficient (Wildman–Crippen LogP) is 2.77. The van der Waals surface area contributed by atoms with E-state index in [-0.39, 0.29) is 0 Å². The van der Waals surface area contributed by atoms with E-state index in [4.69, 9.17) is 4.74 Å². The van der Waals surface area contributed by atoms with Crippen LogP contribution < -0.4 is 5.46 Å². The number of carbonyl (C=O) groups is 1. The molecule has 0 aliphatic heterocycles. The molecule has 2 aromatic carbocycles. The number of hydrogen-bond donors (Lipinski definition) is 2. The molecule has 0 atom stereocenters. The van der Waals surface area contributed by atoms with Gasteiger partial charge in [0.15, 0.2) is 0 Å². The average molecular weight is 337 g/mol. The molecule has 5 nitrogen and oxygen atoms in total. The van der Waals surface area contributed by atoms with E-state index in [2.05, 4.69) is 0 Å². The van der Waals surface area contributed by atoms with E-state index in [9.17, 15) is 14.8 Å². The van der Waals surface area contributed by atoms with E-state index < -0.39 is 18.8 Å². The lowest BCUT2D eigenvalue weighted by Gasteiger charge is -2.21. The first kappa shape index (κ1) is 17.3. The van der Waals surface area contributed by atoms with Crippen LogP contribution in [-0.2, 0) is 4.74 Å². The maximum atomic E-state index is 12.8. The van der Waals surface area contributed by atoms with Gasteiger partial charge in [-0.3, -0.25) is 0 Å². The number of rotatable bonds is 2. The van der Waals surface area contributed by atoms with Gasteiger partial charge in [-0.15, -0.1) is 0 Å². The van der Waals surface area contributed by atoms with Crippen LogP contribution in [0.4, 0.5) is 4.79 Å². The van der Waals surface area contributed by atoms with Crippen molar-refractivity contribution in [2.24, 2.45) is 0 Å². The minimum Gasteiger partial charge on any atom is -0.443 e. The van der Waals surface area contributed by atoms with Crippen LogP contribution in [0.15, 0.2) is 54.6 Å². The summed E-state index contributed by atoms with van der Waals surface area (Å²) in [5.41, 5.74) is 1.81. The fourth-order valence-electron chi connectivity index (χ4n) is 2.73. The second kappa shape index (κ2) is 6.39. The van der Waals surface area contributed by atoms with Crippen LogP contribution >= 0.6 is 0 Å². The van der Waals surface area contributed by atoms with Crippen LogP contribution in [0.5, 0.6) is 0 Å². The third-order valence-electron chi connectivity index (χ3n) is 3.77. The molecule has 128 valence electrons. The van der Waals surface area contributed by atoms with Gasteiger partial charge >= 0.3 is 13.2 Å². The van der Waals surface area contributed by atoms with Crippen molar-refractivity contribution in [1.82, 2.24) is 4.57 Å². The molecule has 1 heterocycles. The van der Waals surface area contributed by atoms with E-state index in [0.717, 1.165) is 10.9 Å². The molecule has 25 heavy (non-hydrogen) atoms. The Labute approximate surface area is 146 Å². The largest absolute Gasteiger partial charge is 0.488 e. The molecule has 1 aromatic heterocycles. The van der Waals surface area contributed by atoms with Crippen molar-refractivity contribution in [2.45, 2.75) is 26.4 Å². The first-order valence-corrected chi connectivity index (χ1v) is 8.06. The zero-order valence-corrected chi connectivity index (χ0v) is 14.4. The monoisotopic (exact) mass is 337 g/mol. The molecule has 3 aromatic rings. The fraction of sp³-hybridized carbons (Fsp3) is 0.211. The Kier molecular flexibility index (Phi) is 4.41. The Morgan fingerprint density at radius 3 is 2.44 bits per heavy atom. The van der Waals surface area contributed by atoms with Gasteiger partial charge in [-0.2, -0.15) is 0 Å². The van der Waals surface area contributed by atoms with E-state index in [1.807, 2.05) is 57.2 Å². The molecule has 0 amide bonds. The Morgan fingerprint density at radius 2 is 1.76 bits per heavy atom. The summed E-state index contributed by atoms with van der Waals surface area (Å²) < 4.78 is 7.07. The lowest BCUT2D eigenvalue weighted by molar-refractivity contribution is 0.0547. The normalized spacial score (nSPS) is 11.6. The highest BCUT2D eigenvalue weighted by Gasteiger charge is 2.23. The standard InChI is InChI=1S/C19H20BNO4/c1-19(2,3)25-18(22)21-16-10-5-4-7-14(16)12-17(21)13-8-6-9-15(11-13)20(23)24/h4-12,23-24H,1-3H3. The highest BCUT2D eigenvalue weighted by atomic mass is 16.6. The Bertz CT molecular complexity index is 925. The van der Waals surface area contributed by atoms with Gasteiger partial charge in [0.2, 0.25) is 0 Å². The van der Waals surface area contributed by atoms with Crippen LogP contribution in [0, 0.1) is 0 Å². The smallest absolute Gasteiger partial charge is 0.443 e. The number of nitrogens with zero attached hydrogens (tertiary/aromatic N) is 1. The first-order chi connectivity index (χ1) is 11.8. The maximum absolute atomic E-state index is 12.8. The molecule has 0 unspecified atom stereocenters. The van der Waals surface area contributed by atoms with Crippen LogP contribution in [0.2, 0.25) is 0 Å². The molecular weight excluding hydrogens is 317 g/mol. The molecule has 0 spiro atoms. The minimum absolute atomic E-state index is 0.360. The van der Waals surface area contributed by atoms with Gasteiger partial charge in [-0.25, -0.2) is 9.36 Å². The molecule has 0 bridgehead atoms. The van der Waals surface area contributed by atoms with Gasteiger partial charge in [-0.1, -0.05) is 42.5 Å². The number of ether oxygens (including phenoxy) is 1. The number of para-hydroxylation sites is 1. The minimum atomic E-state index is -1.57. The summed E-state index contributed by atoms with van der Waals surface area (Å²) >= 11 is 0. The number of aromatic nitrogens is 1. The second-order valence-corrected chi connectivity index (χ2v) is 6.90. The average Bonchev–Trinajstić information content (AvgIpc) is 2.93. The first-order valence-electron chi connectivity index (χ1n) is 8.06. The van der Waals surface area contributed by atoms with E-state index >= 15 is 0 Å². The van der Waals surface area contributed by atoms with Crippen LogP contribution in [-0.4, -0.2) is 33.4 Å². The molecule has 6 heteroatoms. The van der Waals surface area contributed by atoms with E-state index in [1.54, 1.807) is 18.2 Å². The summed E-state index contributed by atoms with van der Waals surface area (Å²) in [4.78, 5) is 12.8. The molecule has 0 saturated heterocycles. The lowest BCUT2D eigenvalue weighted by atomic mass is 9.79. The molecule has 0 aliphatic carbocycles. The van der Waals surface area contributed by atoms with Crippen LogP contribution in [0.3, 0.4) is 0 Å². The molecule has 0 fully saturated rings. The number of carbonyl (C=O) groups excluding carboxylic acids is 1. The summed E-state index contributed by atoms with van der Waals surface area (Å²) in [6.45, 7) is 5.46. The zero-order chi connectivity index (χ0) is 18.2. The van der Waals surface area contributed by atoms with Gasteiger partial charge in [0, 0.05) is 5.39 Å². The highest BCUT2D eigenvalue weighted by molar-refractivity contribution is 6.58. The summed E-state index contributed by atoms with van der Waals surface area (Å²) in [7, 11) is -1.57. The van der Waals surface area contributed by atoms with Gasteiger partial charge in [0.1, 0.15) is 5.60 Å². The van der Waals surface area contributed by atoms with Gasteiger partial charge in [0.25, 0.3) is 0 Å². The van der Waals surface area contributed by atoms with Crippen molar-refractivity contribution in [2.75, 3.05) is 0 Å². The third-order valence-corrected chi connectivity index (χ3v) is 3.77. The van der Waals surface area contributed by atoms with Crippen molar-refractivity contribution in [3.05, 3.63) is 54.6 Å². The quantitative estimate of drug-likeness (QED) is 0.706. The SMILES string of the molecule is CC(C)(C)OC(=O)n1c(-c2cccc(B(O)O)c2)cc2ccccc21. The summed E-state index contributed by atoms with van der Waals surface area (Å²) in [6, 6.07) is 16.2. The molecule has 0 aliphatic rings. The van der Waals surface area contributed by atoms with Gasteiger partial charge in [-0.05, 0) is 43.9 Å². The highest BCUT2D eigenvalue weighted by Crippen LogP contribution is 2.29. The van der Waals surface area contributed by atoms with Gasteiger partial charge < -0.3 is 14.8 Å². The second-order valence-electron chi connectivity index (χ2n) is 6.90. The topological polar surface area (TPSA) is 71.7 Å². The fourth-order valence-corrected chi connectivity index (χ4v) is 2.73. The number of hydrogen-bond acceptors (Lipinski definition) is 4. The van der Waals surface area contributed by atoms with Crippen molar-refractivity contribution < 1.29 is 19.6 Å². The summed E-state index contributed by atoms with van der Waals surface area (Å²) in [6.07, 6.45) is -0.473. The third kappa shape index (κ3) is 3.60. The molecule has 3 rings (SSSR count). The van der Waals surface area contributed by atoms with E-state index in [0.29, 0.717) is 16.7 Å². The summed E-state index contributed by atoms with van der Waals surface area (Å²) in [5.74, 6) is 0. The predicted molar refractivity (Wildman–Crippen MR) is 98.8 cm³/mol. The van der Waals surface area contributed by atoms with Crippen molar-refractivity contribution in [3.8, 4) is 11.3 Å². The number of benzene rings is 2. The maximum Gasteiger partial charge on any atom is 0.488 e. The molecule has 2 N–H and O–H groups in total.